The van der Waals surface area contributed by atoms with Gasteiger partial charge in [0.25, 0.3) is 0 Å². The first-order valence-electron chi connectivity index (χ1n) is 7.57. The highest BCUT2D eigenvalue weighted by Crippen LogP contribution is 2.17. The molecule has 4 nitrogen and oxygen atoms in total. The zero-order valence-corrected chi connectivity index (χ0v) is 15.9. The van der Waals surface area contributed by atoms with Crippen molar-refractivity contribution in [1.82, 2.24) is 0 Å². The van der Waals surface area contributed by atoms with Gasteiger partial charge in [0.05, 0.1) is 19.5 Å². The van der Waals surface area contributed by atoms with Crippen LogP contribution in [0.4, 0.5) is 5.69 Å². The van der Waals surface area contributed by atoms with Gasteiger partial charge in [-0.25, -0.2) is 0 Å². The van der Waals surface area contributed by atoms with E-state index in [-0.39, 0.29) is 5.91 Å². The highest BCUT2D eigenvalue weighted by Gasteiger charge is 2.03. The summed E-state index contributed by atoms with van der Waals surface area (Å²) in [5.41, 5.74) is 0.812. The van der Waals surface area contributed by atoms with Gasteiger partial charge < -0.3 is 14.8 Å². The SMILES string of the molecule is COc1ccc(OCCCSCC(=O)Nc2ccc(Br)cc2)cc1. The zero-order chi connectivity index (χ0) is 17.2. The number of ether oxygens (including phenoxy) is 2. The van der Waals surface area contributed by atoms with Crippen LogP contribution in [0.2, 0.25) is 0 Å². The van der Waals surface area contributed by atoms with Gasteiger partial charge in [0.15, 0.2) is 0 Å². The molecule has 6 heteroatoms. The third-order valence-electron chi connectivity index (χ3n) is 3.12. The Bertz CT molecular complexity index is 632. The number of carbonyl (C=O) groups is 1. The van der Waals surface area contributed by atoms with Gasteiger partial charge in [-0.05, 0) is 60.7 Å². The molecule has 2 aromatic rings. The predicted molar refractivity (Wildman–Crippen MR) is 103 cm³/mol. The summed E-state index contributed by atoms with van der Waals surface area (Å²) in [4.78, 5) is 11.8. The van der Waals surface area contributed by atoms with Gasteiger partial charge in [0, 0.05) is 10.2 Å². The fourth-order valence-corrected chi connectivity index (χ4v) is 2.91. The second kappa shape index (κ2) is 10.3. The molecule has 0 aliphatic carbocycles. The third-order valence-corrected chi connectivity index (χ3v) is 4.69. The van der Waals surface area contributed by atoms with E-state index >= 15 is 0 Å². The summed E-state index contributed by atoms with van der Waals surface area (Å²) in [7, 11) is 1.64. The van der Waals surface area contributed by atoms with Crippen LogP contribution in [0, 0.1) is 0 Å². The van der Waals surface area contributed by atoms with Gasteiger partial charge in [0.2, 0.25) is 5.91 Å². The molecule has 0 aliphatic rings. The Labute approximate surface area is 155 Å². The monoisotopic (exact) mass is 409 g/mol. The highest BCUT2D eigenvalue weighted by molar-refractivity contribution is 9.10. The normalized spacial score (nSPS) is 10.2. The van der Waals surface area contributed by atoms with E-state index in [1.807, 2.05) is 48.5 Å². The lowest BCUT2D eigenvalue weighted by Gasteiger charge is -2.07. The summed E-state index contributed by atoms with van der Waals surface area (Å²) < 4.78 is 11.7. The Morgan fingerprint density at radius 3 is 2.42 bits per heavy atom. The molecule has 0 heterocycles. The average molecular weight is 410 g/mol. The molecular formula is C18H20BrNO3S. The van der Waals surface area contributed by atoms with Gasteiger partial charge in [0.1, 0.15) is 11.5 Å². The predicted octanol–water partition coefficient (Wildman–Crippen LogP) is 4.60. The van der Waals surface area contributed by atoms with Crippen LogP contribution < -0.4 is 14.8 Å². The quantitative estimate of drug-likeness (QED) is 0.614. The molecule has 0 atom stereocenters. The van der Waals surface area contributed by atoms with Gasteiger partial charge in [-0.2, -0.15) is 11.8 Å². The number of methoxy groups -OCH3 is 1. The van der Waals surface area contributed by atoms with Crippen LogP contribution >= 0.6 is 27.7 Å². The van der Waals surface area contributed by atoms with Crippen LogP contribution in [0.5, 0.6) is 11.5 Å². The number of benzene rings is 2. The Hall–Kier alpha value is -1.66. The van der Waals surface area contributed by atoms with Crippen molar-refractivity contribution >= 4 is 39.3 Å². The molecule has 0 spiro atoms. The van der Waals surface area contributed by atoms with Crippen molar-refractivity contribution in [2.45, 2.75) is 6.42 Å². The summed E-state index contributed by atoms with van der Waals surface area (Å²) >= 11 is 4.97. The van der Waals surface area contributed by atoms with Crippen LogP contribution in [0.3, 0.4) is 0 Å². The Morgan fingerprint density at radius 2 is 1.75 bits per heavy atom. The average Bonchev–Trinajstić information content (AvgIpc) is 2.60. The van der Waals surface area contributed by atoms with E-state index in [2.05, 4.69) is 21.2 Å². The lowest BCUT2D eigenvalue weighted by Crippen LogP contribution is -2.14. The first-order valence-corrected chi connectivity index (χ1v) is 9.52. The van der Waals surface area contributed by atoms with Crippen LogP contribution in [0.25, 0.3) is 0 Å². The fraction of sp³-hybridized carbons (Fsp3) is 0.278. The number of nitrogens with one attached hydrogen (secondary N) is 1. The topological polar surface area (TPSA) is 47.6 Å². The number of rotatable bonds is 9. The summed E-state index contributed by atoms with van der Waals surface area (Å²) in [5, 5.41) is 2.87. The summed E-state index contributed by atoms with van der Waals surface area (Å²) in [6.45, 7) is 0.633. The number of carbonyl (C=O) groups excluding carboxylic acids is 1. The minimum Gasteiger partial charge on any atom is -0.497 e. The molecule has 0 bridgehead atoms. The Balaban J connectivity index is 1.55. The molecule has 2 rings (SSSR count). The number of hydrogen-bond donors (Lipinski definition) is 1. The Morgan fingerprint density at radius 1 is 1.08 bits per heavy atom. The molecule has 0 saturated heterocycles. The minimum atomic E-state index is 0.0124. The van der Waals surface area contributed by atoms with Crippen molar-refractivity contribution in [3.63, 3.8) is 0 Å². The van der Waals surface area contributed by atoms with E-state index in [4.69, 9.17) is 9.47 Å². The molecular weight excluding hydrogens is 390 g/mol. The van der Waals surface area contributed by atoms with Crippen LogP contribution in [-0.2, 0) is 4.79 Å². The summed E-state index contributed by atoms with van der Waals surface area (Å²) in [6, 6.07) is 15.1. The maximum absolute atomic E-state index is 11.8. The maximum Gasteiger partial charge on any atom is 0.234 e. The first-order chi connectivity index (χ1) is 11.7. The Kier molecular flexibility index (Phi) is 7.98. The van der Waals surface area contributed by atoms with Crippen molar-refractivity contribution in [2.75, 3.05) is 30.5 Å². The number of amides is 1. The van der Waals surface area contributed by atoms with Crippen molar-refractivity contribution in [3.8, 4) is 11.5 Å². The highest BCUT2D eigenvalue weighted by atomic mass is 79.9. The largest absolute Gasteiger partial charge is 0.497 e. The molecule has 0 radical (unpaired) electrons. The molecule has 0 aliphatic heterocycles. The van der Waals surface area contributed by atoms with Crippen molar-refractivity contribution in [3.05, 3.63) is 53.0 Å². The maximum atomic E-state index is 11.8. The smallest absolute Gasteiger partial charge is 0.234 e. The molecule has 2 aromatic carbocycles. The van der Waals surface area contributed by atoms with E-state index in [0.29, 0.717) is 12.4 Å². The summed E-state index contributed by atoms with van der Waals surface area (Å²) in [6.07, 6.45) is 0.891. The van der Waals surface area contributed by atoms with Crippen LogP contribution in [0.1, 0.15) is 6.42 Å². The lowest BCUT2D eigenvalue weighted by molar-refractivity contribution is -0.113. The standard InChI is InChI=1S/C18H20BrNO3S/c1-22-16-7-9-17(10-8-16)23-11-2-12-24-13-18(21)20-15-5-3-14(19)4-6-15/h3-10H,2,11-13H2,1H3,(H,20,21). The van der Waals surface area contributed by atoms with E-state index in [1.54, 1.807) is 18.9 Å². The minimum absolute atomic E-state index is 0.0124. The molecule has 0 aromatic heterocycles. The molecule has 24 heavy (non-hydrogen) atoms. The van der Waals surface area contributed by atoms with Crippen molar-refractivity contribution < 1.29 is 14.3 Å². The molecule has 1 N–H and O–H groups in total. The van der Waals surface area contributed by atoms with Gasteiger partial charge in [-0.15, -0.1) is 0 Å². The van der Waals surface area contributed by atoms with Gasteiger partial charge >= 0.3 is 0 Å². The number of anilines is 1. The number of thioether (sulfide) groups is 1. The summed E-state index contributed by atoms with van der Waals surface area (Å²) in [5.74, 6) is 2.98. The van der Waals surface area contributed by atoms with E-state index < -0.39 is 0 Å². The fourth-order valence-electron chi connectivity index (χ4n) is 1.92. The number of hydrogen-bond acceptors (Lipinski definition) is 4. The van der Waals surface area contributed by atoms with Crippen LogP contribution in [0.15, 0.2) is 53.0 Å². The molecule has 1 amide bonds. The second-order valence-electron chi connectivity index (χ2n) is 4.99. The van der Waals surface area contributed by atoms with Crippen molar-refractivity contribution in [2.24, 2.45) is 0 Å². The van der Waals surface area contributed by atoms with E-state index in [9.17, 15) is 4.79 Å². The third kappa shape index (κ3) is 6.84. The molecule has 0 unspecified atom stereocenters. The molecule has 0 fully saturated rings. The lowest BCUT2D eigenvalue weighted by atomic mass is 10.3. The second-order valence-corrected chi connectivity index (χ2v) is 7.01. The van der Waals surface area contributed by atoms with E-state index in [1.165, 1.54) is 0 Å². The zero-order valence-electron chi connectivity index (χ0n) is 13.5. The van der Waals surface area contributed by atoms with Crippen molar-refractivity contribution in [1.29, 1.82) is 0 Å². The number of halogens is 1. The first kappa shape index (κ1) is 18.7. The van der Waals surface area contributed by atoms with Gasteiger partial charge in [-0.1, -0.05) is 15.9 Å². The van der Waals surface area contributed by atoms with Gasteiger partial charge in [-0.3, -0.25) is 4.79 Å². The van der Waals surface area contributed by atoms with Crippen LogP contribution in [-0.4, -0.2) is 31.1 Å². The molecule has 128 valence electrons. The molecule has 0 saturated carbocycles. The van der Waals surface area contributed by atoms with E-state index in [0.717, 1.165) is 33.8 Å².